The summed E-state index contributed by atoms with van der Waals surface area (Å²) in [4.78, 5) is 4.29. The van der Waals surface area contributed by atoms with Gasteiger partial charge >= 0.3 is 0 Å². The molecule has 0 bridgehead atoms. The molecule has 0 amide bonds. The van der Waals surface area contributed by atoms with Crippen molar-refractivity contribution in [1.82, 2.24) is 4.98 Å². The summed E-state index contributed by atoms with van der Waals surface area (Å²) in [5.74, 6) is 0. The minimum absolute atomic E-state index is 0.369. The molecule has 12 heavy (non-hydrogen) atoms. The minimum Gasteiger partial charge on any atom is -0.250 e. The molecule has 68 valence electrons. The molecule has 1 unspecified atom stereocenters. The highest BCUT2D eigenvalue weighted by Crippen LogP contribution is 2.28. The van der Waals surface area contributed by atoms with Crippen LogP contribution in [0, 0.1) is 5.41 Å². The molecule has 1 atom stereocenters. The van der Waals surface area contributed by atoms with E-state index in [2.05, 4.69) is 40.1 Å². The van der Waals surface area contributed by atoms with Crippen molar-refractivity contribution in [1.29, 1.82) is 0 Å². The molecule has 1 heterocycles. The van der Waals surface area contributed by atoms with Crippen molar-refractivity contribution in [3.63, 3.8) is 0 Å². The zero-order valence-corrected chi connectivity index (χ0v) is 9.91. The number of rotatable bonds is 4. The monoisotopic (exact) mass is 247 g/mol. The van der Waals surface area contributed by atoms with Crippen molar-refractivity contribution >= 4 is 27.3 Å². The lowest BCUT2D eigenvalue weighted by atomic mass is 9.85. The van der Waals surface area contributed by atoms with Crippen LogP contribution in [0.15, 0.2) is 10.9 Å². The van der Waals surface area contributed by atoms with E-state index >= 15 is 0 Å². The molecular weight excluding hydrogens is 234 g/mol. The maximum atomic E-state index is 4.29. The molecule has 1 aromatic heterocycles. The Bertz CT molecular complexity index is 216. The van der Waals surface area contributed by atoms with Gasteiger partial charge in [-0.2, -0.15) is 0 Å². The number of alkyl halides is 1. The van der Waals surface area contributed by atoms with Crippen molar-refractivity contribution in [2.24, 2.45) is 5.41 Å². The van der Waals surface area contributed by atoms with Gasteiger partial charge in [-0.25, -0.2) is 4.98 Å². The summed E-state index contributed by atoms with van der Waals surface area (Å²) in [7, 11) is 0. The number of thiazole rings is 1. The fraction of sp³-hybridized carbons (Fsp3) is 0.667. The van der Waals surface area contributed by atoms with E-state index in [1.165, 1.54) is 12.1 Å². The maximum absolute atomic E-state index is 4.29. The van der Waals surface area contributed by atoms with Gasteiger partial charge in [0.2, 0.25) is 0 Å². The minimum atomic E-state index is 0.369. The van der Waals surface area contributed by atoms with Crippen molar-refractivity contribution < 1.29 is 0 Å². The molecule has 0 spiro atoms. The molecule has 0 fully saturated rings. The first-order chi connectivity index (χ1) is 5.70. The predicted octanol–water partition coefficient (Wildman–Crippen LogP) is 3.50. The Morgan fingerprint density at radius 1 is 1.67 bits per heavy atom. The summed E-state index contributed by atoms with van der Waals surface area (Å²) in [5, 5.41) is 3.19. The third-order valence-electron chi connectivity index (χ3n) is 2.27. The summed E-state index contributed by atoms with van der Waals surface area (Å²) in [6.07, 6.45) is 2.27. The molecule has 0 aliphatic carbocycles. The second-order valence-electron chi connectivity index (χ2n) is 3.45. The average Bonchev–Trinajstić information content (AvgIpc) is 2.57. The molecule has 0 saturated carbocycles. The summed E-state index contributed by atoms with van der Waals surface area (Å²) in [6, 6.07) is 0. The van der Waals surface area contributed by atoms with E-state index in [-0.39, 0.29) is 0 Å². The van der Waals surface area contributed by atoms with Crippen LogP contribution in [0.3, 0.4) is 0 Å². The van der Waals surface area contributed by atoms with E-state index in [0.29, 0.717) is 5.41 Å². The van der Waals surface area contributed by atoms with Crippen LogP contribution < -0.4 is 0 Å². The van der Waals surface area contributed by atoms with Crippen LogP contribution in [0.25, 0.3) is 0 Å². The Labute approximate surface area is 86.3 Å². The van der Waals surface area contributed by atoms with Gasteiger partial charge in [0.1, 0.15) is 0 Å². The zero-order chi connectivity index (χ0) is 9.03. The van der Waals surface area contributed by atoms with Crippen molar-refractivity contribution in [2.45, 2.75) is 26.7 Å². The SMILES string of the molecule is CCC(C)(CBr)Cc1cscn1. The second kappa shape index (κ2) is 4.38. The van der Waals surface area contributed by atoms with Gasteiger partial charge in [0.05, 0.1) is 11.2 Å². The highest BCUT2D eigenvalue weighted by Gasteiger charge is 2.21. The average molecular weight is 248 g/mol. The molecule has 1 rings (SSSR count). The Kier molecular flexibility index (Phi) is 3.72. The number of aromatic nitrogens is 1. The first-order valence-corrected chi connectivity index (χ1v) is 6.19. The Morgan fingerprint density at radius 3 is 2.83 bits per heavy atom. The number of hydrogen-bond donors (Lipinski definition) is 0. The van der Waals surface area contributed by atoms with E-state index in [0.717, 1.165) is 11.8 Å². The molecule has 0 aliphatic heterocycles. The van der Waals surface area contributed by atoms with Gasteiger partial charge in [0.15, 0.2) is 0 Å². The third kappa shape index (κ3) is 2.56. The molecule has 0 N–H and O–H groups in total. The Balaban J connectivity index is 2.60. The first kappa shape index (κ1) is 10.2. The van der Waals surface area contributed by atoms with Gasteiger partial charge in [-0.3, -0.25) is 0 Å². The van der Waals surface area contributed by atoms with Crippen molar-refractivity contribution in [3.05, 3.63) is 16.6 Å². The normalized spacial score (nSPS) is 15.9. The Hall–Kier alpha value is 0.110. The number of nitrogens with zero attached hydrogens (tertiary/aromatic N) is 1. The fourth-order valence-corrected chi connectivity index (χ4v) is 2.18. The maximum Gasteiger partial charge on any atom is 0.0794 e. The van der Waals surface area contributed by atoms with Gasteiger partial charge < -0.3 is 0 Å². The number of hydrogen-bond acceptors (Lipinski definition) is 2. The molecule has 1 nitrogen and oxygen atoms in total. The standard InChI is InChI=1S/C9H14BrNS/c1-3-9(2,6-10)4-8-5-12-7-11-8/h5,7H,3-4,6H2,1-2H3. The van der Waals surface area contributed by atoms with Crippen LogP contribution in [0.5, 0.6) is 0 Å². The van der Waals surface area contributed by atoms with Gasteiger partial charge in [0.25, 0.3) is 0 Å². The summed E-state index contributed by atoms with van der Waals surface area (Å²) < 4.78 is 0. The quantitative estimate of drug-likeness (QED) is 0.743. The smallest absolute Gasteiger partial charge is 0.0794 e. The first-order valence-electron chi connectivity index (χ1n) is 4.13. The molecule has 0 radical (unpaired) electrons. The van der Waals surface area contributed by atoms with Crippen LogP contribution in [0.2, 0.25) is 0 Å². The van der Waals surface area contributed by atoms with Gasteiger partial charge in [-0.1, -0.05) is 29.8 Å². The third-order valence-corrected chi connectivity index (χ3v) is 4.26. The lowest BCUT2D eigenvalue weighted by Gasteiger charge is -2.24. The second-order valence-corrected chi connectivity index (χ2v) is 4.73. The van der Waals surface area contributed by atoms with Gasteiger partial charge in [0, 0.05) is 10.7 Å². The van der Waals surface area contributed by atoms with Gasteiger partial charge in [-0.15, -0.1) is 11.3 Å². The van der Waals surface area contributed by atoms with Crippen molar-refractivity contribution in [2.75, 3.05) is 5.33 Å². The van der Waals surface area contributed by atoms with Crippen LogP contribution in [0.1, 0.15) is 26.0 Å². The lowest BCUT2D eigenvalue weighted by molar-refractivity contribution is 0.358. The highest BCUT2D eigenvalue weighted by atomic mass is 79.9. The van der Waals surface area contributed by atoms with Gasteiger partial charge in [-0.05, 0) is 18.3 Å². The van der Waals surface area contributed by atoms with E-state index in [1.54, 1.807) is 11.3 Å². The molecule has 0 saturated heterocycles. The van der Waals surface area contributed by atoms with Crippen LogP contribution in [0.4, 0.5) is 0 Å². The van der Waals surface area contributed by atoms with Crippen molar-refractivity contribution in [3.8, 4) is 0 Å². The fourth-order valence-electron chi connectivity index (χ4n) is 1.03. The number of halogens is 1. The topological polar surface area (TPSA) is 12.9 Å². The molecule has 1 aromatic rings. The molecular formula is C9H14BrNS. The molecule has 0 aromatic carbocycles. The largest absolute Gasteiger partial charge is 0.250 e. The summed E-state index contributed by atoms with van der Waals surface area (Å²) in [5.41, 5.74) is 3.50. The van der Waals surface area contributed by atoms with E-state index in [9.17, 15) is 0 Å². The lowest BCUT2D eigenvalue weighted by Crippen LogP contribution is -2.20. The predicted molar refractivity (Wildman–Crippen MR) is 58.0 cm³/mol. The van der Waals surface area contributed by atoms with Crippen LogP contribution in [-0.2, 0) is 6.42 Å². The molecule has 3 heteroatoms. The summed E-state index contributed by atoms with van der Waals surface area (Å²) >= 11 is 5.23. The van der Waals surface area contributed by atoms with Crippen LogP contribution >= 0.6 is 27.3 Å². The highest BCUT2D eigenvalue weighted by molar-refractivity contribution is 9.09. The summed E-state index contributed by atoms with van der Waals surface area (Å²) in [6.45, 7) is 4.52. The van der Waals surface area contributed by atoms with E-state index in [1.807, 2.05) is 5.51 Å². The van der Waals surface area contributed by atoms with E-state index in [4.69, 9.17) is 0 Å². The zero-order valence-electron chi connectivity index (χ0n) is 7.51. The Morgan fingerprint density at radius 2 is 2.42 bits per heavy atom. The molecule has 0 aliphatic rings. The van der Waals surface area contributed by atoms with E-state index < -0.39 is 0 Å². The van der Waals surface area contributed by atoms with Crippen LogP contribution in [-0.4, -0.2) is 10.3 Å².